The number of carboxylic acids is 1. The van der Waals surface area contributed by atoms with Crippen molar-refractivity contribution < 1.29 is 45.5 Å². The first-order valence-corrected chi connectivity index (χ1v) is 27.0. The SMILES string of the molecule is CN(c1ccc2c(-c3ccccc3S(=O)(=O)N(C)CC3=C(C(=O)O)N4C(=O)[C@@H](NC(=O)[C@@H]5N6C(=O)C[C@H]6S(=O)(=O)C5(C)C)C4SC3)c3ccc(=[N+](C)c4ccccc4Cl)cc-3oc2c1)c1ccccc1Cl. The minimum atomic E-state index is -4.44. The van der Waals surface area contributed by atoms with E-state index in [1.807, 2.05) is 96.4 Å². The maximum Gasteiger partial charge on any atom is 0.352 e. The summed E-state index contributed by atoms with van der Waals surface area (Å²) in [7, 11) is -3.25. The third-order valence-electron chi connectivity index (χ3n) is 13.9. The number of carbonyl (C=O) groups excluding carboxylic acids is 3. The first kappa shape index (κ1) is 48.4. The van der Waals surface area contributed by atoms with Gasteiger partial charge in [-0.1, -0.05) is 65.7 Å². The summed E-state index contributed by atoms with van der Waals surface area (Å²) >= 11 is 14.4. The van der Waals surface area contributed by atoms with Gasteiger partial charge in [0.15, 0.2) is 9.84 Å². The molecular weight excluding hydrogens is 1010 g/mol. The van der Waals surface area contributed by atoms with Crippen molar-refractivity contribution in [1.29, 1.82) is 0 Å². The lowest BCUT2D eigenvalue weighted by Gasteiger charge is -2.50. The van der Waals surface area contributed by atoms with Crippen molar-refractivity contribution in [3.05, 3.63) is 136 Å². The number of halogens is 2. The predicted octanol–water partition coefficient (Wildman–Crippen LogP) is 6.51. The number of fused-ring (bicyclic) bond motifs is 4. The van der Waals surface area contributed by atoms with Gasteiger partial charge < -0.3 is 24.6 Å². The maximum absolute atomic E-state index is 15.0. The fourth-order valence-corrected chi connectivity index (χ4v) is 15.4. The number of rotatable bonds is 11. The van der Waals surface area contributed by atoms with E-state index in [0.717, 1.165) is 48.3 Å². The van der Waals surface area contributed by atoms with Crippen molar-refractivity contribution in [2.45, 2.75) is 52.7 Å². The Hall–Kier alpha value is -6.22. The topological polar surface area (TPSA) is 198 Å². The lowest BCUT2D eigenvalue weighted by atomic mass is 9.93. The zero-order valence-corrected chi connectivity index (χ0v) is 42.6. The Morgan fingerprint density at radius 2 is 1.62 bits per heavy atom. The molecule has 5 aliphatic heterocycles. The molecule has 71 heavy (non-hydrogen) atoms. The number of anilines is 2. The lowest BCUT2D eigenvalue weighted by Crippen LogP contribution is -2.72. The smallest absolute Gasteiger partial charge is 0.352 e. The number of benzene rings is 5. The number of β-lactam (4-membered cyclic amide) rings is 2. The van der Waals surface area contributed by atoms with Gasteiger partial charge in [0.1, 0.15) is 51.9 Å². The van der Waals surface area contributed by atoms with Crippen molar-refractivity contribution in [3.8, 4) is 22.5 Å². The number of carbonyl (C=O) groups is 4. The Labute approximate surface area is 423 Å². The molecule has 6 aliphatic rings. The second-order valence-corrected chi connectivity index (χ2v) is 24.9. The van der Waals surface area contributed by atoms with Crippen LogP contribution < -0.4 is 20.1 Å². The van der Waals surface area contributed by atoms with Crippen molar-refractivity contribution in [1.82, 2.24) is 24.0 Å². The number of amides is 3. The molecule has 5 heterocycles. The number of thioether (sulfide) groups is 1. The van der Waals surface area contributed by atoms with Gasteiger partial charge in [-0.25, -0.2) is 21.6 Å². The van der Waals surface area contributed by atoms with Crippen LogP contribution in [0.5, 0.6) is 0 Å². The fourth-order valence-electron chi connectivity index (χ4n) is 10.0. The number of hydrogen-bond acceptors (Lipinski definition) is 11. The Bertz CT molecular complexity index is 3620. The number of aliphatic carboxylic acids is 1. The summed E-state index contributed by atoms with van der Waals surface area (Å²) in [5.74, 6) is -3.17. The van der Waals surface area contributed by atoms with Crippen molar-refractivity contribution >= 4 is 107 Å². The van der Waals surface area contributed by atoms with E-state index in [1.165, 1.54) is 27.0 Å². The number of nitrogens with zero attached hydrogens (tertiary/aromatic N) is 5. The van der Waals surface area contributed by atoms with Gasteiger partial charge in [0.2, 0.25) is 32.9 Å². The second-order valence-electron chi connectivity index (χ2n) is 18.3. The van der Waals surface area contributed by atoms with E-state index in [-0.39, 0.29) is 22.6 Å². The van der Waals surface area contributed by atoms with Crippen LogP contribution in [0.15, 0.2) is 130 Å². The molecule has 1 unspecified atom stereocenters. The fraction of sp³-hybridized carbons (Fsp3) is 0.260. The third kappa shape index (κ3) is 7.62. The van der Waals surface area contributed by atoms with E-state index < -0.39 is 83.4 Å². The summed E-state index contributed by atoms with van der Waals surface area (Å²) in [5.41, 5.74) is 3.90. The summed E-state index contributed by atoms with van der Waals surface area (Å²) in [6.07, 6.45) is -0.235. The largest absolute Gasteiger partial charge is 0.477 e. The molecule has 0 saturated carbocycles. The zero-order chi connectivity index (χ0) is 50.6. The summed E-state index contributed by atoms with van der Waals surface area (Å²) in [5, 5.41) is 13.5. The van der Waals surface area contributed by atoms with Crippen LogP contribution >= 0.6 is 35.0 Å². The van der Waals surface area contributed by atoms with Gasteiger partial charge in [-0.15, -0.1) is 11.8 Å². The van der Waals surface area contributed by atoms with E-state index in [9.17, 15) is 32.7 Å². The molecule has 0 spiro atoms. The number of carboxylic acid groups (broad SMARTS) is 1. The molecule has 0 bridgehead atoms. The molecule has 3 saturated heterocycles. The number of likely N-dealkylation sites (N-methyl/N-ethyl adjacent to an activating group) is 1. The van der Waals surface area contributed by atoms with Gasteiger partial charge >= 0.3 is 5.97 Å². The Kier molecular flexibility index (Phi) is 11.9. The highest BCUT2D eigenvalue weighted by Crippen LogP contribution is 2.48. The molecule has 3 amide bonds. The molecule has 10 rings (SSSR count). The number of sulfonamides is 1. The van der Waals surface area contributed by atoms with Gasteiger partial charge in [-0.05, 0) is 61.9 Å². The molecule has 4 atom stereocenters. The zero-order valence-electron chi connectivity index (χ0n) is 38.7. The Morgan fingerprint density at radius 1 is 0.930 bits per heavy atom. The Balaban J connectivity index is 1.00. The average Bonchev–Trinajstić information content (AvgIpc) is 3.47. The van der Waals surface area contributed by atoms with Gasteiger partial charge in [0, 0.05) is 72.4 Å². The van der Waals surface area contributed by atoms with Crippen LogP contribution in [0.4, 0.5) is 17.1 Å². The minimum absolute atomic E-state index is 0.0225. The summed E-state index contributed by atoms with van der Waals surface area (Å²) in [4.78, 5) is 56.8. The van der Waals surface area contributed by atoms with Crippen LogP contribution in [0.2, 0.25) is 10.0 Å². The van der Waals surface area contributed by atoms with Gasteiger partial charge in [0.05, 0.1) is 32.8 Å². The molecule has 4 aromatic carbocycles. The summed E-state index contributed by atoms with van der Waals surface area (Å²) in [6.45, 7) is 2.31. The van der Waals surface area contributed by atoms with Crippen LogP contribution in [0.25, 0.3) is 33.4 Å². The van der Waals surface area contributed by atoms with E-state index >= 15 is 8.42 Å². The van der Waals surface area contributed by atoms with Crippen molar-refractivity contribution in [2.75, 3.05) is 38.3 Å². The molecule has 0 radical (unpaired) electrons. The van der Waals surface area contributed by atoms with Gasteiger partial charge in [-0.2, -0.15) is 8.88 Å². The molecule has 4 aromatic rings. The normalized spacial score (nSPS) is 21.7. The first-order chi connectivity index (χ1) is 33.6. The maximum atomic E-state index is 15.0. The van der Waals surface area contributed by atoms with Crippen LogP contribution in [-0.4, -0.2) is 121 Å². The molecule has 1 aliphatic carbocycles. The highest BCUT2D eigenvalue weighted by molar-refractivity contribution is 8.00. The highest BCUT2D eigenvalue weighted by atomic mass is 35.5. The van der Waals surface area contributed by atoms with Crippen LogP contribution in [-0.2, 0) is 39.0 Å². The van der Waals surface area contributed by atoms with E-state index in [4.69, 9.17) is 27.6 Å². The van der Waals surface area contributed by atoms with Crippen LogP contribution in [0.3, 0.4) is 0 Å². The third-order valence-corrected chi connectivity index (χ3v) is 20.6. The van der Waals surface area contributed by atoms with Crippen LogP contribution in [0, 0.1) is 0 Å². The van der Waals surface area contributed by atoms with E-state index in [0.29, 0.717) is 43.5 Å². The number of nitrogens with one attached hydrogen (secondary N) is 1. The highest BCUT2D eigenvalue weighted by Gasteiger charge is 2.68. The second kappa shape index (κ2) is 17.5. The molecule has 0 aromatic heterocycles. The summed E-state index contributed by atoms with van der Waals surface area (Å²) in [6, 6.07) is 30.0. The number of sulfone groups is 1. The van der Waals surface area contributed by atoms with Gasteiger partial charge in [0.25, 0.3) is 5.91 Å². The molecule has 3 fully saturated rings. The molecular formula is C50H45Cl2N6O10S3+. The molecule has 2 N–H and O–H groups in total. The van der Waals surface area contributed by atoms with Crippen molar-refractivity contribution in [2.24, 2.45) is 0 Å². The molecule has 366 valence electrons. The van der Waals surface area contributed by atoms with Crippen LogP contribution in [0.1, 0.15) is 20.3 Å². The minimum Gasteiger partial charge on any atom is -0.477 e. The number of hydrogen-bond donors (Lipinski definition) is 2. The van der Waals surface area contributed by atoms with Gasteiger partial charge in [-0.3, -0.25) is 19.3 Å². The standard InChI is InChI=1S/C50H44Cl2N6O10S3/c1-50(2)45(57-40(59)24-41(57)70(50,64)65)46(60)53-43-47(61)58-44(49(62)63)27(26-69-48(43)58)25-54(3)71(66,67)39-17-11-6-12-32(39)42-30-20-18-28(55(4)35-15-9-7-13-33(35)51)22-37(30)68-38-23-29(19-21-31(38)42)56(5)36-16-10-8-14-34(36)52/h6-23,41,43,45,48H,24-26H2,1-5H3,(H-,53,60,62,63)/p+1/t41-,43-,45+,48?/m1/s1. The molecule has 16 nitrogen and oxygen atoms in total. The first-order valence-electron chi connectivity index (χ1n) is 22.3. The van der Waals surface area contributed by atoms with E-state index in [1.54, 1.807) is 30.3 Å². The van der Waals surface area contributed by atoms with E-state index in [2.05, 4.69) is 5.32 Å². The Morgan fingerprint density at radius 3 is 2.32 bits per heavy atom. The lowest BCUT2D eigenvalue weighted by molar-refractivity contribution is -0.154. The van der Waals surface area contributed by atoms with Crippen molar-refractivity contribution in [3.63, 3.8) is 0 Å². The molecule has 21 heteroatoms. The monoisotopic (exact) mass is 1060 g/mol. The average molecular weight is 1060 g/mol. The quantitative estimate of drug-likeness (QED) is 0.0813. The number of para-hydroxylation sites is 2. The summed E-state index contributed by atoms with van der Waals surface area (Å²) < 4.78 is 64.4. The predicted molar refractivity (Wildman–Crippen MR) is 272 cm³/mol.